The number of nitro groups is 1. The molecule has 0 bridgehead atoms. The summed E-state index contributed by atoms with van der Waals surface area (Å²) in [6.07, 6.45) is -0.344. The van der Waals surface area contributed by atoms with E-state index in [1.807, 2.05) is 6.92 Å². The highest BCUT2D eigenvalue weighted by atomic mass is 35.5. The van der Waals surface area contributed by atoms with E-state index in [1.54, 1.807) is 18.2 Å². The van der Waals surface area contributed by atoms with Gasteiger partial charge in [-0.05, 0) is 24.6 Å². The molecular weight excluding hydrogens is 388 g/mol. The van der Waals surface area contributed by atoms with Crippen LogP contribution in [0.5, 0.6) is 0 Å². The molecular formula is C19H17ClN2O6. The molecule has 1 amide bonds. The van der Waals surface area contributed by atoms with Crippen molar-refractivity contribution in [3.8, 4) is 0 Å². The Morgan fingerprint density at radius 3 is 2.57 bits per heavy atom. The van der Waals surface area contributed by atoms with Gasteiger partial charge in [0.1, 0.15) is 0 Å². The highest BCUT2D eigenvalue weighted by Crippen LogP contribution is 2.20. The van der Waals surface area contributed by atoms with Crippen molar-refractivity contribution in [1.82, 2.24) is 0 Å². The van der Waals surface area contributed by atoms with Crippen LogP contribution in [0.1, 0.15) is 28.8 Å². The molecule has 1 N–H and O–H groups in total. The van der Waals surface area contributed by atoms with Gasteiger partial charge in [0.2, 0.25) is 11.7 Å². The number of rotatable bonds is 8. The molecule has 146 valence electrons. The number of benzene rings is 2. The second-order valence-electron chi connectivity index (χ2n) is 5.90. The Bertz CT molecular complexity index is 928. The molecule has 9 heteroatoms. The van der Waals surface area contributed by atoms with Crippen molar-refractivity contribution in [2.24, 2.45) is 0 Å². The molecule has 0 aliphatic carbocycles. The van der Waals surface area contributed by atoms with Crippen LogP contribution in [0.4, 0.5) is 11.4 Å². The lowest BCUT2D eigenvalue weighted by Gasteiger charge is -2.07. The molecule has 2 rings (SSSR count). The lowest BCUT2D eigenvalue weighted by Crippen LogP contribution is -2.17. The van der Waals surface area contributed by atoms with E-state index in [2.05, 4.69) is 5.32 Å². The lowest BCUT2D eigenvalue weighted by molar-refractivity contribution is -0.384. The number of amides is 1. The molecule has 0 heterocycles. The maximum atomic E-state index is 12.0. The van der Waals surface area contributed by atoms with E-state index in [0.29, 0.717) is 10.7 Å². The van der Waals surface area contributed by atoms with E-state index < -0.39 is 29.2 Å². The second-order valence-corrected chi connectivity index (χ2v) is 6.31. The zero-order valence-electron chi connectivity index (χ0n) is 14.9. The second kappa shape index (κ2) is 9.61. The first-order valence-corrected chi connectivity index (χ1v) is 8.63. The average Bonchev–Trinajstić information content (AvgIpc) is 2.67. The number of non-ortho nitro benzene ring substituents is 1. The number of nitrogens with one attached hydrogen (secondary N) is 1. The van der Waals surface area contributed by atoms with Gasteiger partial charge in [-0.25, -0.2) is 0 Å². The summed E-state index contributed by atoms with van der Waals surface area (Å²) in [5.74, 6) is -1.70. The highest BCUT2D eigenvalue weighted by Gasteiger charge is 2.14. The first-order chi connectivity index (χ1) is 13.3. The van der Waals surface area contributed by atoms with Crippen molar-refractivity contribution in [2.45, 2.75) is 19.8 Å². The molecule has 0 aromatic heterocycles. The monoisotopic (exact) mass is 404 g/mol. The zero-order valence-corrected chi connectivity index (χ0v) is 15.7. The molecule has 0 saturated heterocycles. The van der Waals surface area contributed by atoms with Crippen LogP contribution in [0.3, 0.4) is 0 Å². The molecule has 0 fully saturated rings. The zero-order chi connectivity index (χ0) is 20.7. The third kappa shape index (κ3) is 6.17. The van der Waals surface area contributed by atoms with Gasteiger partial charge in [0.25, 0.3) is 5.69 Å². The van der Waals surface area contributed by atoms with E-state index in [1.165, 1.54) is 18.2 Å². The number of Topliss-reactive ketones (excluding diaryl/α,β-unsaturated/α-hetero) is 1. The SMILES string of the molecule is Cc1ccc(NC(=O)CCC(=O)OCC(=O)c2cccc([N+](=O)[O-])c2)cc1Cl. The number of anilines is 1. The summed E-state index contributed by atoms with van der Waals surface area (Å²) in [4.78, 5) is 45.7. The smallest absolute Gasteiger partial charge is 0.306 e. The number of hydrogen-bond donors (Lipinski definition) is 1. The first-order valence-electron chi connectivity index (χ1n) is 8.25. The van der Waals surface area contributed by atoms with Gasteiger partial charge in [-0.3, -0.25) is 24.5 Å². The van der Waals surface area contributed by atoms with Crippen LogP contribution in [0, 0.1) is 17.0 Å². The number of hydrogen-bond acceptors (Lipinski definition) is 6. The molecule has 0 radical (unpaired) electrons. The molecule has 2 aromatic rings. The summed E-state index contributed by atoms with van der Waals surface area (Å²) in [6, 6.07) is 10.2. The normalized spacial score (nSPS) is 10.2. The van der Waals surface area contributed by atoms with E-state index in [9.17, 15) is 24.5 Å². The first kappa shape index (κ1) is 21.0. The Hall–Kier alpha value is -3.26. The predicted molar refractivity (Wildman–Crippen MR) is 102 cm³/mol. The number of nitrogens with zero attached hydrogens (tertiary/aromatic N) is 1. The van der Waals surface area contributed by atoms with Crippen molar-refractivity contribution >= 4 is 40.6 Å². The van der Waals surface area contributed by atoms with Gasteiger partial charge < -0.3 is 10.1 Å². The van der Waals surface area contributed by atoms with Crippen LogP contribution in [0.15, 0.2) is 42.5 Å². The number of ether oxygens (including phenoxy) is 1. The Morgan fingerprint density at radius 2 is 1.89 bits per heavy atom. The van der Waals surface area contributed by atoms with E-state index in [4.69, 9.17) is 16.3 Å². The van der Waals surface area contributed by atoms with E-state index >= 15 is 0 Å². The lowest BCUT2D eigenvalue weighted by atomic mass is 10.1. The summed E-state index contributed by atoms with van der Waals surface area (Å²) in [5.41, 5.74) is 1.22. The van der Waals surface area contributed by atoms with E-state index in [-0.39, 0.29) is 24.1 Å². The molecule has 0 unspecified atom stereocenters. The summed E-state index contributed by atoms with van der Waals surface area (Å²) >= 11 is 5.98. The number of aryl methyl sites for hydroxylation is 1. The number of ketones is 1. The number of esters is 1. The quantitative estimate of drug-likeness (QED) is 0.310. The van der Waals surface area contributed by atoms with Gasteiger partial charge >= 0.3 is 5.97 Å². The Balaban J connectivity index is 1.78. The number of carbonyl (C=O) groups excluding carboxylic acids is 3. The molecule has 8 nitrogen and oxygen atoms in total. The predicted octanol–water partition coefficient (Wildman–Crippen LogP) is 3.70. The number of halogens is 1. The Labute approximate surface area is 165 Å². The minimum Gasteiger partial charge on any atom is -0.457 e. The summed E-state index contributed by atoms with van der Waals surface area (Å²) < 4.78 is 4.83. The van der Waals surface area contributed by atoms with Crippen LogP contribution in [-0.4, -0.2) is 29.2 Å². The fraction of sp³-hybridized carbons (Fsp3) is 0.211. The van der Waals surface area contributed by atoms with Gasteiger partial charge in [-0.1, -0.05) is 29.8 Å². The Morgan fingerprint density at radius 1 is 1.14 bits per heavy atom. The van der Waals surface area contributed by atoms with Crippen LogP contribution >= 0.6 is 11.6 Å². The summed E-state index contributed by atoms with van der Waals surface area (Å²) in [7, 11) is 0. The Kier molecular flexibility index (Phi) is 7.22. The topological polar surface area (TPSA) is 116 Å². The average molecular weight is 405 g/mol. The van der Waals surface area contributed by atoms with Gasteiger partial charge in [0.15, 0.2) is 6.61 Å². The van der Waals surface area contributed by atoms with Crippen molar-refractivity contribution in [3.05, 3.63) is 68.7 Å². The van der Waals surface area contributed by atoms with Gasteiger partial charge in [0, 0.05) is 34.8 Å². The molecule has 0 aliphatic rings. The molecule has 0 saturated carbocycles. The molecule has 0 atom stereocenters. The van der Waals surface area contributed by atoms with Crippen LogP contribution in [-0.2, 0) is 14.3 Å². The van der Waals surface area contributed by atoms with Crippen molar-refractivity contribution < 1.29 is 24.0 Å². The highest BCUT2D eigenvalue weighted by molar-refractivity contribution is 6.31. The third-order valence-corrected chi connectivity index (χ3v) is 4.16. The summed E-state index contributed by atoms with van der Waals surface area (Å²) in [6.45, 7) is 1.27. The van der Waals surface area contributed by atoms with Crippen LogP contribution < -0.4 is 5.32 Å². The minimum absolute atomic E-state index is 0.0657. The molecule has 28 heavy (non-hydrogen) atoms. The van der Waals surface area contributed by atoms with Crippen molar-refractivity contribution in [1.29, 1.82) is 0 Å². The van der Waals surface area contributed by atoms with Gasteiger partial charge in [-0.2, -0.15) is 0 Å². The summed E-state index contributed by atoms with van der Waals surface area (Å²) in [5, 5.41) is 13.8. The van der Waals surface area contributed by atoms with E-state index in [0.717, 1.165) is 11.6 Å². The maximum absolute atomic E-state index is 12.0. The van der Waals surface area contributed by atoms with Gasteiger partial charge in [0.05, 0.1) is 11.3 Å². The van der Waals surface area contributed by atoms with Crippen molar-refractivity contribution in [3.63, 3.8) is 0 Å². The minimum atomic E-state index is -0.726. The van der Waals surface area contributed by atoms with Crippen LogP contribution in [0.25, 0.3) is 0 Å². The van der Waals surface area contributed by atoms with Crippen LogP contribution in [0.2, 0.25) is 5.02 Å². The number of nitro benzene ring substituents is 1. The largest absolute Gasteiger partial charge is 0.457 e. The maximum Gasteiger partial charge on any atom is 0.306 e. The van der Waals surface area contributed by atoms with Gasteiger partial charge in [-0.15, -0.1) is 0 Å². The molecule has 0 aliphatic heterocycles. The third-order valence-electron chi connectivity index (χ3n) is 3.75. The fourth-order valence-corrected chi connectivity index (χ4v) is 2.38. The van der Waals surface area contributed by atoms with Crippen molar-refractivity contribution in [2.75, 3.05) is 11.9 Å². The fourth-order valence-electron chi connectivity index (χ4n) is 2.20. The molecule has 0 spiro atoms. The number of carbonyl (C=O) groups is 3. The standard InChI is InChI=1S/C19H17ClN2O6/c1-12-5-6-14(10-16(12)20)21-18(24)7-8-19(25)28-11-17(23)13-3-2-4-15(9-13)22(26)27/h2-6,9-10H,7-8,11H2,1H3,(H,21,24). The molecule has 2 aromatic carbocycles.